The smallest absolute Gasteiger partial charge is 0.338 e. The molecule has 0 aliphatic rings. The maximum atomic E-state index is 12.7. The number of hydrogen-bond acceptors (Lipinski definition) is 2. The third kappa shape index (κ3) is 4.14. The van der Waals surface area contributed by atoms with Gasteiger partial charge in [0.25, 0.3) is 0 Å². The van der Waals surface area contributed by atoms with Crippen LogP contribution in [0.1, 0.15) is 36.5 Å². The van der Waals surface area contributed by atoms with E-state index in [0.29, 0.717) is 11.7 Å². The number of hydrogen-bond donors (Lipinski definition) is 1. The summed E-state index contributed by atoms with van der Waals surface area (Å²) in [7, 11) is -2.98. The predicted octanol–water partition coefficient (Wildman–Crippen LogP) is 5.74. The monoisotopic (exact) mass is 317 g/mol. The number of anilines is 1. The molecule has 22 heavy (non-hydrogen) atoms. The Morgan fingerprint density at radius 3 is 2.05 bits per heavy atom. The van der Waals surface area contributed by atoms with E-state index in [9.17, 15) is 4.57 Å². The van der Waals surface area contributed by atoms with Gasteiger partial charge in [-0.25, -0.2) is 0 Å². The minimum Gasteiger partial charge on any atom is -0.429 e. The molecule has 2 aromatic carbocycles. The van der Waals surface area contributed by atoms with Crippen molar-refractivity contribution in [2.75, 3.05) is 11.8 Å². The standard InChI is InChI=1S/C18H24NO2P/c1-13(2)16-9-11-17(12-10-16)21-22(5,20)19-18-14(3)7-6-8-15(18)4/h6-13H,1-5H3,(H,19,20). The van der Waals surface area contributed by atoms with Gasteiger partial charge in [0.15, 0.2) is 0 Å². The van der Waals surface area contributed by atoms with Crippen molar-refractivity contribution in [2.24, 2.45) is 0 Å². The molecule has 4 heteroatoms. The molecular weight excluding hydrogens is 293 g/mol. The fraction of sp³-hybridized carbons (Fsp3) is 0.333. The lowest BCUT2D eigenvalue weighted by atomic mass is 10.0. The first-order valence-electron chi connectivity index (χ1n) is 7.50. The average molecular weight is 317 g/mol. The van der Waals surface area contributed by atoms with Crippen LogP contribution in [0, 0.1) is 13.8 Å². The van der Waals surface area contributed by atoms with Gasteiger partial charge in [-0.15, -0.1) is 0 Å². The lowest BCUT2D eigenvalue weighted by Crippen LogP contribution is -2.05. The van der Waals surface area contributed by atoms with Gasteiger partial charge in [0.1, 0.15) is 5.75 Å². The lowest BCUT2D eigenvalue weighted by Gasteiger charge is -2.20. The molecule has 0 saturated carbocycles. The number of rotatable bonds is 5. The molecule has 0 saturated heterocycles. The largest absolute Gasteiger partial charge is 0.429 e. The van der Waals surface area contributed by atoms with Crippen molar-refractivity contribution in [1.29, 1.82) is 0 Å². The lowest BCUT2D eigenvalue weighted by molar-refractivity contribution is 0.493. The van der Waals surface area contributed by atoms with Gasteiger partial charge in [-0.1, -0.05) is 44.2 Å². The van der Waals surface area contributed by atoms with Crippen molar-refractivity contribution in [3.63, 3.8) is 0 Å². The van der Waals surface area contributed by atoms with Crippen molar-refractivity contribution >= 4 is 13.2 Å². The van der Waals surface area contributed by atoms with E-state index >= 15 is 0 Å². The van der Waals surface area contributed by atoms with E-state index in [1.807, 2.05) is 56.3 Å². The molecule has 0 spiro atoms. The Hall–Kier alpha value is -1.73. The summed E-state index contributed by atoms with van der Waals surface area (Å²) in [6.07, 6.45) is 0. The fourth-order valence-electron chi connectivity index (χ4n) is 2.33. The molecule has 0 aromatic heterocycles. The molecule has 3 nitrogen and oxygen atoms in total. The SMILES string of the molecule is Cc1cccc(C)c1NP(C)(=O)Oc1ccc(C(C)C)cc1. The Labute approximate surface area is 133 Å². The second-order valence-corrected chi connectivity index (χ2v) is 8.14. The minimum atomic E-state index is -2.98. The fourth-order valence-corrected chi connectivity index (χ4v) is 3.66. The summed E-state index contributed by atoms with van der Waals surface area (Å²) in [6, 6.07) is 13.7. The Bertz CT molecular complexity index is 672. The van der Waals surface area contributed by atoms with Crippen LogP contribution in [0.5, 0.6) is 5.75 Å². The molecule has 0 bridgehead atoms. The van der Waals surface area contributed by atoms with Gasteiger partial charge in [0.2, 0.25) is 0 Å². The summed E-state index contributed by atoms with van der Waals surface area (Å²) < 4.78 is 18.4. The maximum absolute atomic E-state index is 12.7. The molecule has 118 valence electrons. The summed E-state index contributed by atoms with van der Waals surface area (Å²) >= 11 is 0. The average Bonchev–Trinajstić information content (AvgIpc) is 2.43. The van der Waals surface area contributed by atoms with Crippen LogP contribution in [0.4, 0.5) is 5.69 Å². The molecule has 1 N–H and O–H groups in total. The van der Waals surface area contributed by atoms with Crippen molar-refractivity contribution < 1.29 is 9.09 Å². The number of aryl methyl sites for hydroxylation is 2. The van der Waals surface area contributed by atoms with Crippen molar-refractivity contribution in [3.8, 4) is 5.75 Å². The van der Waals surface area contributed by atoms with Crippen LogP contribution in [0.25, 0.3) is 0 Å². The van der Waals surface area contributed by atoms with Crippen molar-refractivity contribution in [1.82, 2.24) is 0 Å². The number of nitrogens with one attached hydrogen (secondary N) is 1. The van der Waals surface area contributed by atoms with Gasteiger partial charge < -0.3 is 9.61 Å². The summed E-state index contributed by atoms with van der Waals surface area (Å²) in [6.45, 7) is 9.88. The zero-order chi connectivity index (χ0) is 16.3. The first-order chi connectivity index (χ1) is 10.3. The molecule has 1 unspecified atom stereocenters. The Morgan fingerprint density at radius 1 is 1.00 bits per heavy atom. The molecule has 2 aromatic rings. The molecule has 2 rings (SSSR count). The summed E-state index contributed by atoms with van der Waals surface area (Å²) in [5.41, 5.74) is 4.23. The summed E-state index contributed by atoms with van der Waals surface area (Å²) in [5, 5.41) is 3.07. The Morgan fingerprint density at radius 2 is 1.55 bits per heavy atom. The van der Waals surface area contributed by atoms with Crippen LogP contribution >= 0.6 is 7.52 Å². The van der Waals surface area contributed by atoms with E-state index < -0.39 is 7.52 Å². The minimum absolute atomic E-state index is 0.468. The second-order valence-electron chi connectivity index (χ2n) is 6.04. The Kier molecular flexibility index (Phi) is 4.97. The van der Waals surface area contributed by atoms with Gasteiger partial charge in [-0.3, -0.25) is 4.57 Å². The van der Waals surface area contributed by atoms with Gasteiger partial charge in [0.05, 0.1) is 0 Å². The molecular formula is C18H24NO2P. The van der Waals surface area contributed by atoms with Gasteiger partial charge in [-0.2, -0.15) is 0 Å². The number of para-hydroxylation sites is 1. The third-order valence-corrected chi connectivity index (χ3v) is 4.81. The highest BCUT2D eigenvalue weighted by atomic mass is 31.2. The molecule has 0 fully saturated rings. The zero-order valence-corrected chi connectivity index (χ0v) is 14.8. The van der Waals surface area contributed by atoms with Crippen LogP contribution in [-0.2, 0) is 4.57 Å². The van der Waals surface area contributed by atoms with E-state index in [1.165, 1.54) is 5.56 Å². The third-order valence-electron chi connectivity index (χ3n) is 3.62. The second kappa shape index (κ2) is 6.58. The van der Waals surface area contributed by atoms with Crippen LogP contribution in [0.3, 0.4) is 0 Å². The summed E-state index contributed by atoms with van der Waals surface area (Å²) in [5.74, 6) is 1.09. The summed E-state index contributed by atoms with van der Waals surface area (Å²) in [4.78, 5) is 0. The van der Waals surface area contributed by atoms with Gasteiger partial charge in [-0.05, 0) is 48.6 Å². The highest BCUT2D eigenvalue weighted by Crippen LogP contribution is 2.44. The molecule has 0 aliphatic carbocycles. The molecule has 0 aliphatic heterocycles. The van der Waals surface area contributed by atoms with Crippen molar-refractivity contribution in [3.05, 3.63) is 59.2 Å². The van der Waals surface area contributed by atoms with Gasteiger partial charge >= 0.3 is 7.52 Å². The highest BCUT2D eigenvalue weighted by molar-refractivity contribution is 7.60. The van der Waals surface area contributed by atoms with Crippen molar-refractivity contribution in [2.45, 2.75) is 33.6 Å². The quantitative estimate of drug-likeness (QED) is 0.714. The molecule has 0 heterocycles. The van der Waals surface area contributed by atoms with E-state index in [-0.39, 0.29) is 0 Å². The maximum Gasteiger partial charge on any atom is 0.338 e. The zero-order valence-electron chi connectivity index (χ0n) is 13.9. The van der Waals surface area contributed by atoms with E-state index in [2.05, 4.69) is 18.9 Å². The van der Waals surface area contributed by atoms with E-state index in [4.69, 9.17) is 4.52 Å². The molecule has 1 atom stereocenters. The normalized spacial score (nSPS) is 13.7. The topological polar surface area (TPSA) is 38.3 Å². The van der Waals surface area contributed by atoms with Crippen LogP contribution in [0.2, 0.25) is 0 Å². The Balaban J connectivity index is 2.15. The van der Waals surface area contributed by atoms with Crippen LogP contribution in [-0.4, -0.2) is 6.66 Å². The first-order valence-corrected chi connectivity index (χ1v) is 9.57. The highest BCUT2D eigenvalue weighted by Gasteiger charge is 2.19. The van der Waals surface area contributed by atoms with Crippen LogP contribution in [0.15, 0.2) is 42.5 Å². The molecule has 0 radical (unpaired) electrons. The van der Waals surface area contributed by atoms with Gasteiger partial charge in [0, 0.05) is 12.4 Å². The van der Waals surface area contributed by atoms with E-state index in [0.717, 1.165) is 16.8 Å². The number of benzene rings is 2. The van der Waals surface area contributed by atoms with E-state index in [1.54, 1.807) is 6.66 Å². The van der Waals surface area contributed by atoms with Crippen LogP contribution < -0.4 is 9.61 Å². The predicted molar refractivity (Wildman–Crippen MR) is 94.2 cm³/mol. The first kappa shape index (κ1) is 16.6. The molecule has 0 amide bonds.